The van der Waals surface area contributed by atoms with E-state index in [1.54, 1.807) is 0 Å². The average molecular weight is 689 g/mol. The van der Waals surface area contributed by atoms with Gasteiger partial charge in [-0.25, -0.2) is 49.8 Å². The quantitative estimate of drug-likeness (QED) is 0.112. The molecule has 9 aromatic heterocycles. The third-order valence-corrected chi connectivity index (χ3v) is 10.5. The molecule has 0 saturated heterocycles. The van der Waals surface area contributed by atoms with Gasteiger partial charge >= 0.3 is 0 Å². The number of fused-ring (bicyclic) bond motifs is 15. The van der Waals surface area contributed by atoms with E-state index in [2.05, 4.69) is 12.1 Å². The van der Waals surface area contributed by atoms with Crippen molar-refractivity contribution in [1.82, 2.24) is 49.8 Å². The van der Waals surface area contributed by atoms with Crippen molar-refractivity contribution in [3.63, 3.8) is 0 Å². The molecule has 10 nitrogen and oxygen atoms in total. The lowest BCUT2D eigenvalue weighted by molar-refractivity contribution is 1.34. The molecule has 0 radical (unpaired) electrons. The fourth-order valence-electron chi connectivity index (χ4n) is 8.02. The van der Waals surface area contributed by atoms with E-state index in [9.17, 15) is 0 Å². The van der Waals surface area contributed by atoms with Gasteiger partial charge < -0.3 is 0 Å². The Morgan fingerprint density at radius 2 is 0.426 bits per heavy atom. The monoisotopic (exact) mass is 688 g/mol. The van der Waals surface area contributed by atoms with Gasteiger partial charge in [-0.1, -0.05) is 48.5 Å². The number of hydrogen-bond acceptors (Lipinski definition) is 10. The van der Waals surface area contributed by atoms with Gasteiger partial charge in [0.2, 0.25) is 0 Å². The third-order valence-electron chi connectivity index (χ3n) is 10.5. The molecular weight excluding hydrogens is 669 g/mol. The lowest BCUT2D eigenvalue weighted by Crippen LogP contribution is -2.00. The van der Waals surface area contributed by atoms with Gasteiger partial charge in [-0.05, 0) is 72.8 Å². The summed E-state index contributed by atoms with van der Waals surface area (Å²) >= 11 is 0. The van der Waals surface area contributed by atoms with Crippen molar-refractivity contribution in [3.8, 4) is 0 Å². The van der Waals surface area contributed by atoms with Crippen LogP contribution in [0.25, 0.3) is 132 Å². The van der Waals surface area contributed by atoms with Gasteiger partial charge in [0, 0.05) is 21.5 Å². The number of aromatic nitrogens is 10. The largest absolute Gasteiger partial charge is 0.246 e. The summed E-state index contributed by atoms with van der Waals surface area (Å²) in [6.45, 7) is 0. The number of rotatable bonds is 0. The van der Waals surface area contributed by atoms with Crippen LogP contribution in [0, 0.1) is 0 Å². The number of nitrogens with zero attached hydrogens (tertiary/aromatic N) is 10. The van der Waals surface area contributed by atoms with Gasteiger partial charge in [0.1, 0.15) is 33.1 Å². The highest BCUT2D eigenvalue weighted by atomic mass is 14.9. The van der Waals surface area contributed by atoms with Crippen molar-refractivity contribution < 1.29 is 0 Å². The van der Waals surface area contributed by atoms with Crippen LogP contribution >= 0.6 is 0 Å². The van der Waals surface area contributed by atoms with E-state index in [1.165, 1.54) is 0 Å². The molecule has 54 heavy (non-hydrogen) atoms. The van der Waals surface area contributed by atoms with Crippen molar-refractivity contribution >= 4 is 132 Å². The Balaban J connectivity index is 1.41. The van der Waals surface area contributed by atoms with Crippen LogP contribution < -0.4 is 0 Å². The minimum Gasteiger partial charge on any atom is -0.246 e. The third kappa shape index (κ3) is 3.72. The second kappa shape index (κ2) is 9.99. The van der Waals surface area contributed by atoms with E-state index in [0.717, 1.165) is 65.7 Å². The van der Waals surface area contributed by atoms with E-state index in [0.29, 0.717) is 66.2 Å². The lowest BCUT2D eigenvalue weighted by Gasteiger charge is -2.12. The Bertz CT molecular complexity index is 3610. The zero-order chi connectivity index (χ0) is 35.1. The summed E-state index contributed by atoms with van der Waals surface area (Å²) < 4.78 is 0. The molecule has 0 aliphatic heterocycles. The van der Waals surface area contributed by atoms with Crippen LogP contribution in [0.5, 0.6) is 0 Å². The highest BCUT2D eigenvalue weighted by molar-refractivity contribution is 6.24. The zero-order valence-corrected chi connectivity index (χ0v) is 28.0. The molecule has 0 N–H and O–H groups in total. The summed E-state index contributed by atoms with van der Waals surface area (Å²) in [5.74, 6) is 0. The molecule has 0 fully saturated rings. The van der Waals surface area contributed by atoms with Crippen LogP contribution in [0.15, 0.2) is 121 Å². The second-order valence-corrected chi connectivity index (χ2v) is 13.6. The molecule has 13 rings (SSSR count). The highest BCUT2D eigenvalue weighted by Gasteiger charge is 2.21. The predicted octanol–water partition coefficient (Wildman–Crippen LogP) is 9.47. The highest BCUT2D eigenvalue weighted by Crippen LogP contribution is 2.37. The summed E-state index contributed by atoms with van der Waals surface area (Å²) in [7, 11) is 0. The maximum atomic E-state index is 5.51. The molecule has 0 unspecified atom stereocenters. The number of para-hydroxylation sites is 2. The van der Waals surface area contributed by atoms with Crippen LogP contribution in [-0.2, 0) is 0 Å². The summed E-state index contributed by atoms with van der Waals surface area (Å²) in [6, 6.07) is 40.0. The van der Waals surface area contributed by atoms with Gasteiger partial charge in [0.05, 0.1) is 77.2 Å². The predicted molar refractivity (Wildman–Crippen MR) is 214 cm³/mol. The summed E-state index contributed by atoms with van der Waals surface area (Å²) in [4.78, 5) is 53.0. The average Bonchev–Trinajstić information content (AvgIpc) is 3.23. The Morgan fingerprint density at radius 3 is 0.796 bits per heavy atom. The zero-order valence-electron chi connectivity index (χ0n) is 28.0. The minimum atomic E-state index is 0.572. The van der Waals surface area contributed by atoms with Crippen molar-refractivity contribution in [2.24, 2.45) is 0 Å². The van der Waals surface area contributed by atoms with E-state index < -0.39 is 0 Å². The molecule has 13 aromatic rings. The summed E-state index contributed by atoms with van der Waals surface area (Å²) in [5, 5.41) is 3.34. The molecule has 0 spiro atoms. The van der Waals surface area contributed by atoms with Crippen LogP contribution in [-0.4, -0.2) is 49.8 Å². The van der Waals surface area contributed by atoms with E-state index in [1.807, 2.05) is 109 Å². The van der Waals surface area contributed by atoms with Crippen LogP contribution in [0.2, 0.25) is 0 Å². The second-order valence-electron chi connectivity index (χ2n) is 13.6. The topological polar surface area (TPSA) is 129 Å². The van der Waals surface area contributed by atoms with Crippen LogP contribution in [0.4, 0.5) is 0 Å². The molecule has 0 amide bonds. The molecule has 16 bridgehead atoms. The Kier molecular flexibility index (Phi) is 5.17. The molecule has 9 heterocycles. The van der Waals surface area contributed by atoms with Gasteiger partial charge in [0.15, 0.2) is 0 Å². The number of pyridine rings is 4. The minimum absolute atomic E-state index is 0.572. The summed E-state index contributed by atoms with van der Waals surface area (Å²) in [5.41, 5.74) is 13.7. The first-order valence-electron chi connectivity index (χ1n) is 17.6. The molecule has 246 valence electrons. The molecule has 0 aliphatic rings. The van der Waals surface area contributed by atoms with Crippen molar-refractivity contribution in [3.05, 3.63) is 121 Å². The van der Waals surface area contributed by atoms with E-state index in [4.69, 9.17) is 49.8 Å². The number of benzene rings is 4. The smallest absolute Gasteiger partial charge is 0.120 e. The maximum Gasteiger partial charge on any atom is 0.120 e. The number of hydrogen-bond donors (Lipinski definition) is 0. The lowest BCUT2D eigenvalue weighted by atomic mass is 10.1. The molecular formula is C44H20N10. The first kappa shape index (κ1) is 27.9. The molecule has 10 heteroatoms. The van der Waals surface area contributed by atoms with Crippen molar-refractivity contribution in [2.75, 3.05) is 0 Å². The fourth-order valence-corrected chi connectivity index (χ4v) is 8.02. The van der Waals surface area contributed by atoms with Crippen molar-refractivity contribution in [1.29, 1.82) is 0 Å². The standard InChI is InChI=1S/C44H20N10/c1-7-21-25-9-3-13-29(45-25)31-15-5-11-27(47-31)23-19-20-24-28-12-6-16-32(48-28)30-14-4-10-26(46-30)22-8-2-18-34-36(22)52-42-40(50-34)39-41(51-35(21)33(17-1)49-39)43-44(42)54-38(24)37(23)53-43/h1-20H. The Labute approximate surface area is 302 Å². The Hall–Kier alpha value is -7.72. The molecule has 4 aromatic carbocycles. The summed E-state index contributed by atoms with van der Waals surface area (Å²) in [6.07, 6.45) is 0. The van der Waals surface area contributed by atoms with Gasteiger partial charge in [-0.15, -0.1) is 0 Å². The van der Waals surface area contributed by atoms with Gasteiger partial charge in [-0.3, -0.25) is 0 Å². The Morgan fingerprint density at radius 1 is 0.167 bits per heavy atom. The van der Waals surface area contributed by atoms with E-state index >= 15 is 0 Å². The normalized spacial score (nSPS) is 12.4. The van der Waals surface area contributed by atoms with Crippen LogP contribution in [0.3, 0.4) is 0 Å². The molecule has 0 atom stereocenters. The first-order valence-corrected chi connectivity index (χ1v) is 17.6. The fraction of sp³-hybridized carbons (Fsp3) is 0. The van der Waals surface area contributed by atoms with Crippen molar-refractivity contribution in [2.45, 2.75) is 0 Å². The van der Waals surface area contributed by atoms with Gasteiger partial charge in [-0.2, -0.15) is 0 Å². The SMILES string of the molecule is c1cc2nc(c1)c1cccc3nc4c5nc6cccc7c8cccc(n8)c8cccc(n8)c8ccc(c9cccc2n9)c2nc(c4nc31)c(nc82)c5nc67. The van der Waals surface area contributed by atoms with E-state index in [-0.39, 0.29) is 0 Å². The molecule has 0 saturated carbocycles. The van der Waals surface area contributed by atoms with Crippen LogP contribution in [0.1, 0.15) is 0 Å². The molecule has 0 aliphatic carbocycles. The first-order chi connectivity index (χ1) is 26.7. The van der Waals surface area contributed by atoms with Gasteiger partial charge in [0.25, 0.3) is 0 Å². The maximum absolute atomic E-state index is 5.51.